The summed E-state index contributed by atoms with van der Waals surface area (Å²) in [6.07, 6.45) is 1.69. The number of anilines is 1. The van der Waals surface area contributed by atoms with Crippen molar-refractivity contribution in [3.05, 3.63) is 53.0 Å². The van der Waals surface area contributed by atoms with Crippen molar-refractivity contribution < 1.29 is 0 Å². The molecule has 0 aliphatic carbocycles. The normalized spacial score (nSPS) is 16.1. The summed E-state index contributed by atoms with van der Waals surface area (Å²) in [4.78, 5) is 13.9. The molecule has 4 nitrogen and oxygen atoms in total. The molecule has 3 aromatic heterocycles. The molecule has 0 N–H and O–H groups in total. The summed E-state index contributed by atoms with van der Waals surface area (Å²) in [6.45, 7) is 5.22. The van der Waals surface area contributed by atoms with Crippen molar-refractivity contribution in [3.63, 3.8) is 0 Å². The van der Waals surface area contributed by atoms with Gasteiger partial charge in [-0.25, -0.2) is 9.97 Å². The molecule has 1 fully saturated rings. The first-order valence-corrected chi connectivity index (χ1v) is 10.2. The number of fused-ring (bicyclic) bond motifs is 2. The zero-order valence-corrected chi connectivity index (χ0v) is 15.4. The molecule has 126 valence electrons. The van der Waals surface area contributed by atoms with Crippen LogP contribution in [0.15, 0.2) is 47.4 Å². The smallest absolute Gasteiger partial charge is 0.150 e. The summed E-state index contributed by atoms with van der Waals surface area (Å²) in [5.74, 6) is 1.10. The third-order valence-electron chi connectivity index (χ3n) is 4.85. The first kappa shape index (κ1) is 15.3. The highest BCUT2D eigenvalue weighted by Crippen LogP contribution is 2.30. The van der Waals surface area contributed by atoms with Crippen molar-refractivity contribution in [3.8, 4) is 0 Å². The molecule has 1 aliphatic rings. The number of aromatic nitrogens is 2. The van der Waals surface area contributed by atoms with Gasteiger partial charge in [-0.3, -0.25) is 4.90 Å². The first-order chi connectivity index (χ1) is 12.4. The minimum Gasteiger partial charge on any atom is -0.353 e. The van der Waals surface area contributed by atoms with Crippen molar-refractivity contribution in [2.45, 2.75) is 6.54 Å². The molecular formula is C19H18N4S2. The molecule has 0 spiro atoms. The van der Waals surface area contributed by atoms with E-state index < -0.39 is 0 Å². The van der Waals surface area contributed by atoms with Crippen molar-refractivity contribution in [2.75, 3.05) is 31.1 Å². The van der Waals surface area contributed by atoms with Gasteiger partial charge in [-0.05, 0) is 33.8 Å². The maximum absolute atomic E-state index is 4.55. The largest absolute Gasteiger partial charge is 0.353 e. The number of hydrogen-bond acceptors (Lipinski definition) is 6. The third-order valence-corrected chi connectivity index (χ3v) is 6.76. The summed E-state index contributed by atoms with van der Waals surface area (Å²) < 4.78 is 2.59. The Hall–Kier alpha value is -2.02. The van der Waals surface area contributed by atoms with E-state index in [0.29, 0.717) is 0 Å². The number of benzene rings is 1. The van der Waals surface area contributed by atoms with Gasteiger partial charge in [-0.15, -0.1) is 22.7 Å². The molecule has 0 atom stereocenters. The van der Waals surface area contributed by atoms with Crippen LogP contribution in [0, 0.1) is 0 Å². The van der Waals surface area contributed by atoms with Crippen LogP contribution in [0.2, 0.25) is 0 Å². The highest BCUT2D eigenvalue weighted by molar-refractivity contribution is 7.17. The average Bonchev–Trinajstić information content (AvgIpc) is 3.29. The van der Waals surface area contributed by atoms with Crippen LogP contribution >= 0.6 is 22.7 Å². The molecular weight excluding hydrogens is 348 g/mol. The monoisotopic (exact) mass is 366 g/mol. The minimum absolute atomic E-state index is 1.02. The van der Waals surface area contributed by atoms with Gasteiger partial charge in [0.05, 0.1) is 10.2 Å². The summed E-state index contributed by atoms with van der Waals surface area (Å²) in [6, 6.07) is 10.8. The standard InChI is InChI=1S/C19H18N4S2/c1-2-4-17-15(3-1)14(12-25-17)11-22-6-8-23(9-7-22)19-18-16(5-10-24-18)20-13-21-19/h1-5,10,12-13H,6-9,11H2. The van der Waals surface area contributed by atoms with Gasteiger partial charge in [0.1, 0.15) is 12.1 Å². The second-order valence-electron chi connectivity index (χ2n) is 6.35. The Labute approximate surface area is 154 Å². The lowest BCUT2D eigenvalue weighted by molar-refractivity contribution is 0.250. The van der Waals surface area contributed by atoms with Gasteiger partial charge in [0.15, 0.2) is 0 Å². The van der Waals surface area contributed by atoms with E-state index in [1.54, 1.807) is 17.7 Å². The van der Waals surface area contributed by atoms with Crippen LogP contribution < -0.4 is 4.90 Å². The summed E-state index contributed by atoms with van der Waals surface area (Å²) in [5.41, 5.74) is 2.51. The summed E-state index contributed by atoms with van der Waals surface area (Å²) in [7, 11) is 0. The van der Waals surface area contributed by atoms with E-state index in [0.717, 1.165) is 44.1 Å². The molecule has 0 saturated carbocycles. The Kier molecular flexibility index (Phi) is 3.88. The molecule has 0 radical (unpaired) electrons. The van der Waals surface area contributed by atoms with Crippen LogP contribution in [0.1, 0.15) is 5.56 Å². The number of nitrogens with zero attached hydrogens (tertiary/aromatic N) is 4. The Bertz CT molecular complexity index is 1010. The predicted octanol–water partition coefficient (Wildman–Crippen LogP) is 4.23. The highest BCUT2D eigenvalue weighted by atomic mass is 32.1. The molecule has 1 aromatic carbocycles. The van der Waals surface area contributed by atoms with E-state index in [1.165, 1.54) is 20.3 Å². The van der Waals surface area contributed by atoms with Gasteiger partial charge >= 0.3 is 0 Å². The molecule has 5 rings (SSSR count). The van der Waals surface area contributed by atoms with Crippen LogP contribution in [-0.2, 0) is 6.54 Å². The molecule has 0 amide bonds. The van der Waals surface area contributed by atoms with Gasteiger partial charge in [0.2, 0.25) is 0 Å². The molecule has 0 bridgehead atoms. The molecule has 1 saturated heterocycles. The van der Waals surface area contributed by atoms with E-state index in [4.69, 9.17) is 0 Å². The fourth-order valence-corrected chi connectivity index (χ4v) is 5.33. The van der Waals surface area contributed by atoms with E-state index in [-0.39, 0.29) is 0 Å². The third kappa shape index (κ3) is 2.80. The second-order valence-corrected chi connectivity index (χ2v) is 8.18. The number of rotatable bonds is 3. The number of hydrogen-bond donors (Lipinski definition) is 0. The molecule has 25 heavy (non-hydrogen) atoms. The Morgan fingerprint density at radius 2 is 1.84 bits per heavy atom. The molecule has 4 heterocycles. The fraction of sp³-hybridized carbons (Fsp3) is 0.263. The molecule has 1 aliphatic heterocycles. The van der Waals surface area contributed by atoms with Crippen LogP contribution in [0.5, 0.6) is 0 Å². The van der Waals surface area contributed by atoms with Gasteiger partial charge in [-0.2, -0.15) is 0 Å². The Morgan fingerprint density at radius 1 is 0.960 bits per heavy atom. The number of piperazine rings is 1. The minimum atomic E-state index is 1.02. The maximum atomic E-state index is 4.55. The highest BCUT2D eigenvalue weighted by Gasteiger charge is 2.21. The van der Waals surface area contributed by atoms with Crippen molar-refractivity contribution >= 4 is 48.8 Å². The zero-order chi connectivity index (χ0) is 16.6. The van der Waals surface area contributed by atoms with Gasteiger partial charge in [-0.1, -0.05) is 18.2 Å². The summed E-state index contributed by atoms with van der Waals surface area (Å²) in [5, 5.41) is 5.82. The topological polar surface area (TPSA) is 32.3 Å². The van der Waals surface area contributed by atoms with E-state index >= 15 is 0 Å². The molecule has 4 aromatic rings. The maximum Gasteiger partial charge on any atom is 0.150 e. The predicted molar refractivity (Wildman–Crippen MR) is 107 cm³/mol. The lowest BCUT2D eigenvalue weighted by Crippen LogP contribution is -2.46. The SMILES string of the molecule is c1ccc2c(CN3CCN(c4ncnc5ccsc45)CC3)csc2c1. The van der Waals surface area contributed by atoms with E-state index in [1.807, 2.05) is 11.3 Å². The van der Waals surface area contributed by atoms with Crippen LogP contribution in [0.3, 0.4) is 0 Å². The first-order valence-electron chi connectivity index (χ1n) is 8.49. The lowest BCUT2D eigenvalue weighted by Gasteiger charge is -2.35. The number of thiophene rings is 2. The van der Waals surface area contributed by atoms with Crippen molar-refractivity contribution in [1.29, 1.82) is 0 Å². The summed E-state index contributed by atoms with van der Waals surface area (Å²) >= 11 is 3.58. The average molecular weight is 367 g/mol. The Morgan fingerprint density at radius 3 is 2.76 bits per heavy atom. The Balaban J connectivity index is 1.31. The van der Waals surface area contributed by atoms with E-state index in [2.05, 4.69) is 60.9 Å². The molecule has 0 unspecified atom stereocenters. The fourth-order valence-electron chi connectivity index (χ4n) is 3.52. The van der Waals surface area contributed by atoms with Crippen LogP contribution in [-0.4, -0.2) is 41.0 Å². The van der Waals surface area contributed by atoms with Crippen molar-refractivity contribution in [2.24, 2.45) is 0 Å². The van der Waals surface area contributed by atoms with Crippen molar-refractivity contribution in [1.82, 2.24) is 14.9 Å². The molecule has 6 heteroatoms. The quantitative estimate of drug-likeness (QED) is 0.543. The van der Waals surface area contributed by atoms with Gasteiger partial charge in [0.25, 0.3) is 0 Å². The van der Waals surface area contributed by atoms with Crippen LogP contribution in [0.25, 0.3) is 20.3 Å². The van der Waals surface area contributed by atoms with Gasteiger partial charge in [0, 0.05) is 37.4 Å². The van der Waals surface area contributed by atoms with E-state index in [9.17, 15) is 0 Å². The zero-order valence-electron chi connectivity index (χ0n) is 13.8. The second kappa shape index (κ2) is 6.37. The lowest BCUT2D eigenvalue weighted by atomic mass is 10.1. The van der Waals surface area contributed by atoms with Gasteiger partial charge < -0.3 is 4.90 Å². The van der Waals surface area contributed by atoms with Crippen LogP contribution in [0.4, 0.5) is 5.82 Å².